The summed E-state index contributed by atoms with van der Waals surface area (Å²) >= 11 is 0. The van der Waals surface area contributed by atoms with E-state index in [9.17, 15) is 4.79 Å². The average molecular weight is 425 g/mol. The van der Waals surface area contributed by atoms with Crippen molar-refractivity contribution in [3.63, 3.8) is 0 Å². The van der Waals surface area contributed by atoms with E-state index in [4.69, 9.17) is 23.7 Å². The zero-order valence-corrected chi connectivity index (χ0v) is 18.3. The lowest BCUT2D eigenvalue weighted by Gasteiger charge is -2.11. The Bertz CT molecular complexity index is 996. The van der Waals surface area contributed by atoms with Crippen molar-refractivity contribution < 1.29 is 28.5 Å². The highest BCUT2D eigenvalue weighted by Gasteiger charge is 2.25. The lowest BCUT2D eigenvalue weighted by molar-refractivity contribution is -0.129. The highest BCUT2D eigenvalue weighted by molar-refractivity contribution is 6.13. The minimum atomic E-state index is -0.521. The molecule has 7 nitrogen and oxygen atoms in total. The summed E-state index contributed by atoms with van der Waals surface area (Å²) in [5, 5.41) is 0. The van der Waals surface area contributed by atoms with Crippen molar-refractivity contribution in [3.05, 3.63) is 53.2 Å². The number of nitrogens with zero attached hydrogens (tertiary/aromatic N) is 1. The lowest BCUT2D eigenvalue weighted by Crippen LogP contribution is -2.06. The molecule has 164 valence electrons. The monoisotopic (exact) mass is 425 g/mol. The van der Waals surface area contributed by atoms with Gasteiger partial charge in [-0.15, -0.1) is 0 Å². The molecule has 0 bridgehead atoms. The van der Waals surface area contributed by atoms with Crippen LogP contribution in [0.1, 0.15) is 38.3 Å². The van der Waals surface area contributed by atoms with Gasteiger partial charge in [0.2, 0.25) is 5.90 Å². The molecule has 0 radical (unpaired) electrons. The molecule has 1 aliphatic heterocycles. The second-order valence-corrected chi connectivity index (χ2v) is 6.62. The predicted molar refractivity (Wildman–Crippen MR) is 118 cm³/mol. The Morgan fingerprint density at radius 3 is 2.32 bits per heavy atom. The van der Waals surface area contributed by atoms with Crippen LogP contribution >= 0.6 is 0 Å². The summed E-state index contributed by atoms with van der Waals surface area (Å²) in [5.74, 6) is 2.15. The van der Waals surface area contributed by atoms with Crippen molar-refractivity contribution in [2.24, 2.45) is 4.99 Å². The molecule has 1 aliphatic rings. The van der Waals surface area contributed by atoms with Crippen molar-refractivity contribution in [2.75, 3.05) is 26.9 Å². The zero-order chi connectivity index (χ0) is 22.2. The van der Waals surface area contributed by atoms with Gasteiger partial charge in [0.25, 0.3) is 0 Å². The van der Waals surface area contributed by atoms with Gasteiger partial charge in [-0.3, -0.25) is 0 Å². The minimum absolute atomic E-state index is 0.200. The standard InChI is InChI=1S/C24H27NO6/c1-5-12-30-19-10-8-16(14-21(19)27-4)13-18-24(26)31-23(25-18)17-9-11-20(28-6-2)22(15-17)29-7-3/h8-11,13-15H,5-7,12H2,1-4H3/b18-13-. The molecule has 3 rings (SSSR count). The fraction of sp³-hybridized carbons (Fsp3) is 0.333. The van der Waals surface area contributed by atoms with Crippen LogP contribution < -0.4 is 18.9 Å². The summed E-state index contributed by atoms with van der Waals surface area (Å²) in [7, 11) is 1.58. The molecule has 2 aromatic rings. The van der Waals surface area contributed by atoms with Crippen molar-refractivity contribution in [1.29, 1.82) is 0 Å². The van der Waals surface area contributed by atoms with Gasteiger partial charge in [0.15, 0.2) is 28.7 Å². The van der Waals surface area contributed by atoms with E-state index in [2.05, 4.69) is 4.99 Å². The third kappa shape index (κ3) is 5.36. The van der Waals surface area contributed by atoms with Gasteiger partial charge in [-0.05, 0) is 62.2 Å². The number of esters is 1. The van der Waals surface area contributed by atoms with E-state index in [0.29, 0.717) is 48.4 Å². The number of carbonyl (C=O) groups excluding carboxylic acids is 1. The molecule has 0 amide bonds. The first kappa shape index (κ1) is 22.2. The Kier molecular flexibility index (Phi) is 7.54. The largest absolute Gasteiger partial charge is 0.493 e. The highest BCUT2D eigenvalue weighted by atomic mass is 16.6. The fourth-order valence-corrected chi connectivity index (χ4v) is 2.98. The average Bonchev–Trinajstić information content (AvgIpc) is 3.14. The van der Waals surface area contributed by atoms with Gasteiger partial charge in [-0.2, -0.15) is 0 Å². The Hall–Kier alpha value is -3.48. The van der Waals surface area contributed by atoms with Gasteiger partial charge in [0.1, 0.15) is 0 Å². The smallest absolute Gasteiger partial charge is 0.363 e. The quantitative estimate of drug-likeness (QED) is 0.408. The number of aliphatic imine (C=N–C) groups is 1. The van der Waals surface area contributed by atoms with Crippen LogP contribution in [0.15, 0.2) is 47.1 Å². The summed E-state index contributed by atoms with van der Waals surface area (Å²) in [6.45, 7) is 7.44. The van der Waals surface area contributed by atoms with Crippen molar-refractivity contribution in [3.8, 4) is 23.0 Å². The molecule has 0 spiro atoms. The second-order valence-electron chi connectivity index (χ2n) is 6.62. The summed E-state index contributed by atoms with van der Waals surface area (Å²) in [4.78, 5) is 16.8. The maximum atomic E-state index is 12.4. The second kappa shape index (κ2) is 10.5. The summed E-state index contributed by atoms with van der Waals surface area (Å²) < 4.78 is 27.7. The first-order valence-corrected chi connectivity index (χ1v) is 10.3. The summed E-state index contributed by atoms with van der Waals surface area (Å²) in [5.41, 5.74) is 1.58. The van der Waals surface area contributed by atoms with Gasteiger partial charge >= 0.3 is 5.97 Å². The van der Waals surface area contributed by atoms with Crippen LogP contribution in [0.25, 0.3) is 6.08 Å². The maximum Gasteiger partial charge on any atom is 0.363 e. The van der Waals surface area contributed by atoms with Crippen molar-refractivity contribution in [1.82, 2.24) is 0 Å². The highest BCUT2D eigenvalue weighted by Crippen LogP contribution is 2.32. The molecule has 2 aromatic carbocycles. The number of benzene rings is 2. The Labute approximate surface area is 182 Å². The van der Waals surface area contributed by atoms with Crippen LogP contribution in [0.5, 0.6) is 23.0 Å². The number of carbonyl (C=O) groups is 1. The molecule has 0 aliphatic carbocycles. The van der Waals surface area contributed by atoms with E-state index in [1.54, 1.807) is 37.5 Å². The molecule has 0 saturated heterocycles. The molecule has 0 N–H and O–H groups in total. The van der Waals surface area contributed by atoms with Gasteiger partial charge < -0.3 is 23.7 Å². The van der Waals surface area contributed by atoms with Crippen LogP contribution in [0, 0.1) is 0 Å². The van der Waals surface area contributed by atoms with Crippen LogP contribution in [-0.4, -0.2) is 38.8 Å². The summed E-state index contributed by atoms with van der Waals surface area (Å²) in [6, 6.07) is 10.8. The van der Waals surface area contributed by atoms with E-state index in [0.717, 1.165) is 12.0 Å². The van der Waals surface area contributed by atoms with E-state index < -0.39 is 5.97 Å². The number of rotatable bonds is 10. The normalized spacial score (nSPS) is 14.3. The van der Waals surface area contributed by atoms with E-state index in [-0.39, 0.29) is 11.6 Å². The number of methoxy groups -OCH3 is 1. The molecular weight excluding hydrogens is 398 g/mol. The van der Waals surface area contributed by atoms with Gasteiger partial charge in [-0.25, -0.2) is 9.79 Å². The number of hydrogen-bond donors (Lipinski definition) is 0. The van der Waals surface area contributed by atoms with Crippen LogP contribution in [0.2, 0.25) is 0 Å². The number of ether oxygens (including phenoxy) is 5. The van der Waals surface area contributed by atoms with Crippen molar-refractivity contribution >= 4 is 17.9 Å². The van der Waals surface area contributed by atoms with Crippen LogP contribution in [0.4, 0.5) is 0 Å². The first-order valence-electron chi connectivity index (χ1n) is 10.3. The van der Waals surface area contributed by atoms with Crippen molar-refractivity contribution in [2.45, 2.75) is 27.2 Å². The topological polar surface area (TPSA) is 75.6 Å². The molecule has 31 heavy (non-hydrogen) atoms. The number of hydrogen-bond acceptors (Lipinski definition) is 7. The Morgan fingerprint density at radius 1 is 0.903 bits per heavy atom. The predicted octanol–water partition coefficient (Wildman–Crippen LogP) is 4.63. The van der Waals surface area contributed by atoms with Gasteiger partial charge in [0, 0.05) is 5.56 Å². The van der Waals surface area contributed by atoms with Crippen LogP contribution in [0.3, 0.4) is 0 Å². The van der Waals surface area contributed by atoms with E-state index in [1.165, 1.54) is 0 Å². The molecule has 0 saturated carbocycles. The third-order valence-corrected chi connectivity index (χ3v) is 4.36. The molecule has 0 atom stereocenters. The third-order valence-electron chi connectivity index (χ3n) is 4.36. The molecule has 1 heterocycles. The summed E-state index contributed by atoms with van der Waals surface area (Å²) in [6.07, 6.45) is 2.55. The number of cyclic esters (lactones) is 1. The van der Waals surface area contributed by atoms with E-state index >= 15 is 0 Å². The first-order chi connectivity index (χ1) is 15.1. The van der Waals surface area contributed by atoms with Gasteiger partial charge in [-0.1, -0.05) is 13.0 Å². The van der Waals surface area contributed by atoms with E-state index in [1.807, 2.05) is 32.9 Å². The van der Waals surface area contributed by atoms with Crippen LogP contribution in [-0.2, 0) is 9.53 Å². The molecule has 0 unspecified atom stereocenters. The molecule has 7 heteroatoms. The van der Waals surface area contributed by atoms with Gasteiger partial charge in [0.05, 0.1) is 26.9 Å². The molecular formula is C24H27NO6. The molecule has 0 aromatic heterocycles. The SMILES string of the molecule is CCCOc1ccc(/C=C2\N=C(c3ccc(OCC)c(OCC)c3)OC2=O)cc1OC. The fourth-order valence-electron chi connectivity index (χ4n) is 2.98. The Balaban J connectivity index is 1.88. The lowest BCUT2D eigenvalue weighted by atomic mass is 10.1. The molecule has 0 fully saturated rings. The minimum Gasteiger partial charge on any atom is -0.493 e. The zero-order valence-electron chi connectivity index (χ0n) is 18.3. The maximum absolute atomic E-state index is 12.4. The Morgan fingerprint density at radius 2 is 1.61 bits per heavy atom.